The van der Waals surface area contributed by atoms with Crippen molar-refractivity contribution in [2.75, 3.05) is 16.3 Å². The number of hydrogen-bond donors (Lipinski definition) is 2. The second kappa shape index (κ2) is 9.03. The van der Waals surface area contributed by atoms with Gasteiger partial charge in [-0.2, -0.15) is 18.4 Å². The van der Waals surface area contributed by atoms with E-state index < -0.39 is 29.2 Å². The largest absolute Gasteiger partial charge is 0.474 e. The molecule has 2 aliphatic heterocycles. The first kappa shape index (κ1) is 25.3. The summed E-state index contributed by atoms with van der Waals surface area (Å²) in [4.78, 5) is 11.3. The van der Waals surface area contributed by atoms with Gasteiger partial charge in [0, 0.05) is 18.0 Å². The third-order valence-corrected chi connectivity index (χ3v) is 8.89. The third-order valence-electron chi connectivity index (χ3n) is 8.51. The Morgan fingerprint density at radius 2 is 1.87 bits per heavy atom. The van der Waals surface area contributed by atoms with Gasteiger partial charge in [-0.1, -0.05) is 0 Å². The fourth-order valence-electron chi connectivity index (χ4n) is 6.23. The Labute approximate surface area is 223 Å². The van der Waals surface area contributed by atoms with E-state index in [4.69, 9.17) is 22.2 Å². The summed E-state index contributed by atoms with van der Waals surface area (Å²) in [6.07, 6.45) is 4.40. The molecule has 0 amide bonds. The maximum Gasteiger partial charge on any atom is 0.419 e. The quantitative estimate of drug-likeness (QED) is 0.547. The lowest BCUT2D eigenvalue weighted by Gasteiger charge is -2.48. The zero-order valence-corrected chi connectivity index (χ0v) is 21.4. The number of nitrogens with one attached hydrogen (secondary N) is 1. The highest BCUT2D eigenvalue weighted by molar-refractivity contribution is 7.80. The zero-order chi connectivity index (χ0) is 26.7. The van der Waals surface area contributed by atoms with Gasteiger partial charge in [0.15, 0.2) is 17.0 Å². The van der Waals surface area contributed by atoms with Crippen molar-refractivity contribution in [2.45, 2.75) is 81.0 Å². The number of alkyl halides is 3. The fraction of sp³-hybridized carbons (Fsp3) is 0.538. The molecule has 2 unspecified atom stereocenters. The van der Waals surface area contributed by atoms with Gasteiger partial charge in [0.05, 0.1) is 34.9 Å². The van der Waals surface area contributed by atoms with Crippen molar-refractivity contribution in [2.24, 2.45) is 0 Å². The smallest absolute Gasteiger partial charge is 0.419 e. The number of thiocarbonyl (C=S) groups is 1. The molecular weight excluding hydrogens is 517 g/mol. The van der Waals surface area contributed by atoms with Crippen LogP contribution in [0.4, 0.5) is 24.5 Å². The number of halogens is 3. The van der Waals surface area contributed by atoms with E-state index in [2.05, 4.69) is 15.3 Å². The zero-order valence-electron chi connectivity index (χ0n) is 20.5. The minimum atomic E-state index is -4.78. The number of anilines is 2. The van der Waals surface area contributed by atoms with Crippen molar-refractivity contribution < 1.29 is 23.0 Å². The van der Waals surface area contributed by atoms with E-state index in [1.807, 2.05) is 6.07 Å². The van der Waals surface area contributed by atoms with Crippen molar-refractivity contribution in [3.05, 3.63) is 41.9 Å². The SMILES string of the molecule is N#Cc1ncc(N2C(=S)N(c3ccc(OC4CCNC5(CCC5)C4)nc3)C3(CCC3)C2O)cc1C(F)(F)F. The lowest BCUT2D eigenvalue weighted by Crippen LogP contribution is -2.57. The van der Waals surface area contributed by atoms with Gasteiger partial charge in [0.1, 0.15) is 12.2 Å². The molecule has 2 aromatic heterocycles. The number of aliphatic hydroxyl groups is 1. The monoisotopic (exact) mass is 544 g/mol. The first-order valence-corrected chi connectivity index (χ1v) is 13.2. The van der Waals surface area contributed by atoms with E-state index >= 15 is 0 Å². The van der Waals surface area contributed by atoms with Gasteiger partial charge in [-0.25, -0.2) is 9.97 Å². The van der Waals surface area contributed by atoms with E-state index in [9.17, 15) is 18.3 Å². The molecule has 2 aliphatic carbocycles. The highest BCUT2D eigenvalue weighted by Gasteiger charge is 2.59. The summed E-state index contributed by atoms with van der Waals surface area (Å²) in [6, 6.07) is 5.90. The number of nitrogens with zero attached hydrogens (tertiary/aromatic N) is 5. The van der Waals surface area contributed by atoms with Crippen LogP contribution in [0.15, 0.2) is 30.6 Å². The van der Waals surface area contributed by atoms with E-state index in [0.29, 0.717) is 24.4 Å². The van der Waals surface area contributed by atoms with E-state index in [0.717, 1.165) is 38.1 Å². The Hall–Kier alpha value is -3.01. The summed E-state index contributed by atoms with van der Waals surface area (Å²) in [5.41, 5.74) is -1.88. The molecule has 2 saturated heterocycles. The number of piperidine rings is 1. The van der Waals surface area contributed by atoms with Crippen molar-refractivity contribution in [1.82, 2.24) is 15.3 Å². The number of rotatable bonds is 4. The number of aromatic nitrogens is 2. The van der Waals surface area contributed by atoms with E-state index in [-0.39, 0.29) is 22.4 Å². The molecule has 12 heteroatoms. The molecular formula is C26H27F3N6O2S. The fourth-order valence-corrected chi connectivity index (χ4v) is 6.72. The van der Waals surface area contributed by atoms with Crippen molar-refractivity contribution >= 4 is 28.7 Å². The van der Waals surface area contributed by atoms with E-state index in [1.54, 1.807) is 17.2 Å². The molecule has 6 rings (SSSR count). The number of pyridine rings is 2. The summed E-state index contributed by atoms with van der Waals surface area (Å²) >= 11 is 5.71. The number of hydrogen-bond acceptors (Lipinski definition) is 7. The number of nitriles is 1. The molecule has 8 nitrogen and oxygen atoms in total. The predicted octanol–water partition coefficient (Wildman–Crippen LogP) is 4.27. The van der Waals surface area contributed by atoms with Crippen LogP contribution in [0.2, 0.25) is 0 Å². The molecule has 0 bridgehead atoms. The molecule has 2 N–H and O–H groups in total. The topological polar surface area (TPSA) is 97.5 Å². The molecule has 2 atom stereocenters. The molecule has 2 saturated carbocycles. The molecule has 2 spiro atoms. The van der Waals surface area contributed by atoms with Gasteiger partial charge < -0.3 is 20.1 Å². The lowest BCUT2D eigenvalue weighted by atomic mass is 9.71. The van der Waals surface area contributed by atoms with Crippen LogP contribution in [0.1, 0.15) is 62.6 Å². The minimum Gasteiger partial charge on any atom is -0.474 e. The lowest BCUT2D eigenvalue weighted by molar-refractivity contribution is -0.138. The average Bonchev–Trinajstić information content (AvgIpc) is 3.09. The van der Waals surface area contributed by atoms with Gasteiger partial charge >= 0.3 is 6.18 Å². The van der Waals surface area contributed by atoms with Crippen LogP contribution >= 0.6 is 12.2 Å². The first-order valence-electron chi connectivity index (χ1n) is 12.8. The Morgan fingerprint density at radius 1 is 1.13 bits per heavy atom. The van der Waals surface area contributed by atoms with Crippen LogP contribution in [0, 0.1) is 11.3 Å². The second-order valence-electron chi connectivity index (χ2n) is 10.7. The first-order chi connectivity index (χ1) is 18.2. The Kier molecular flexibility index (Phi) is 6.01. The molecule has 0 radical (unpaired) electrons. The van der Waals surface area contributed by atoms with Crippen LogP contribution in [0.5, 0.6) is 5.88 Å². The maximum atomic E-state index is 13.6. The third kappa shape index (κ3) is 3.99. The minimum absolute atomic E-state index is 0.0219. The summed E-state index contributed by atoms with van der Waals surface area (Å²) in [7, 11) is 0. The van der Waals surface area contributed by atoms with Crippen LogP contribution in [0.25, 0.3) is 0 Å². The molecule has 4 aliphatic rings. The highest BCUT2D eigenvalue weighted by Crippen LogP contribution is 2.50. The normalized spacial score (nSPS) is 25.7. The van der Waals surface area contributed by atoms with Gasteiger partial charge in [0.2, 0.25) is 5.88 Å². The van der Waals surface area contributed by atoms with Crippen LogP contribution < -0.4 is 19.9 Å². The van der Waals surface area contributed by atoms with E-state index in [1.165, 1.54) is 30.2 Å². The molecule has 0 aromatic carbocycles. The van der Waals surface area contributed by atoms with Crippen LogP contribution in [0.3, 0.4) is 0 Å². The highest BCUT2D eigenvalue weighted by atomic mass is 32.1. The Bertz CT molecular complexity index is 1290. The molecule has 4 heterocycles. The summed E-state index contributed by atoms with van der Waals surface area (Å²) in [5.74, 6) is 0.506. The van der Waals surface area contributed by atoms with Crippen molar-refractivity contribution in [3.8, 4) is 11.9 Å². The van der Waals surface area contributed by atoms with Gasteiger partial charge in [0.25, 0.3) is 0 Å². The summed E-state index contributed by atoms with van der Waals surface area (Å²) < 4.78 is 47.0. The summed E-state index contributed by atoms with van der Waals surface area (Å²) in [6.45, 7) is 0.918. The van der Waals surface area contributed by atoms with Crippen LogP contribution in [-0.4, -0.2) is 50.1 Å². The van der Waals surface area contributed by atoms with Gasteiger partial charge in [-0.05, 0) is 75.8 Å². The Balaban J connectivity index is 1.26. The number of ether oxygens (including phenoxy) is 1. The van der Waals surface area contributed by atoms with Crippen molar-refractivity contribution in [3.63, 3.8) is 0 Å². The predicted molar refractivity (Wildman–Crippen MR) is 137 cm³/mol. The molecule has 2 aromatic rings. The van der Waals surface area contributed by atoms with Gasteiger partial charge in [-0.3, -0.25) is 4.90 Å². The van der Waals surface area contributed by atoms with Crippen LogP contribution in [-0.2, 0) is 6.18 Å². The summed E-state index contributed by atoms with van der Waals surface area (Å²) in [5, 5.41) is 24.2. The average molecular weight is 545 g/mol. The molecule has 38 heavy (non-hydrogen) atoms. The maximum absolute atomic E-state index is 13.6. The molecule has 4 fully saturated rings. The Morgan fingerprint density at radius 3 is 2.45 bits per heavy atom. The standard InChI is InChI=1S/C26H27F3N6O2S/c27-26(28,29)19-11-17(15-31-20(19)13-30)34-22(36)25(8-2-9-25)35(23(34)38)16-3-4-21(32-14-16)37-18-5-10-33-24(12-18)6-1-7-24/h3-4,11,14-15,18,22,33,36H,1-2,5-10,12H2. The van der Waals surface area contributed by atoms with Gasteiger partial charge in [-0.15, -0.1) is 0 Å². The molecule has 200 valence electrons. The number of aliphatic hydroxyl groups excluding tert-OH is 1. The second-order valence-corrected chi connectivity index (χ2v) is 11.0. The van der Waals surface area contributed by atoms with Crippen molar-refractivity contribution in [1.29, 1.82) is 5.26 Å².